The molecule has 9 nitrogen and oxygen atoms in total. The molecule has 0 aliphatic carbocycles. The number of nitrogens with one attached hydrogen (secondary N) is 1. The summed E-state index contributed by atoms with van der Waals surface area (Å²) in [5, 5.41) is 3.19. The van der Waals surface area contributed by atoms with Crippen molar-refractivity contribution in [3.05, 3.63) is 39.9 Å². The maximum absolute atomic E-state index is 12.7. The van der Waals surface area contributed by atoms with E-state index in [2.05, 4.69) is 15.3 Å². The monoisotopic (exact) mass is 413 g/mol. The number of primary amides is 1. The van der Waals surface area contributed by atoms with Crippen molar-refractivity contribution < 1.29 is 4.79 Å². The quantitative estimate of drug-likeness (QED) is 0.661. The minimum Gasteiger partial charge on any atom is -0.365 e. The van der Waals surface area contributed by atoms with Crippen LogP contribution in [-0.2, 0) is 0 Å². The van der Waals surface area contributed by atoms with Crippen LogP contribution < -0.4 is 27.2 Å². The Balaban J connectivity index is 2.03. The molecule has 1 fully saturated rings. The lowest BCUT2D eigenvalue weighted by Gasteiger charge is -2.31. The fourth-order valence-corrected chi connectivity index (χ4v) is 3.62. The number of carbonyl (C=O) groups is 1. The molecule has 162 valence electrons. The van der Waals surface area contributed by atoms with Crippen molar-refractivity contribution in [2.45, 2.75) is 58.5 Å². The van der Waals surface area contributed by atoms with Crippen LogP contribution in [0.25, 0.3) is 0 Å². The van der Waals surface area contributed by atoms with E-state index in [0.29, 0.717) is 29.6 Å². The minimum atomic E-state index is -0.624. The molecule has 0 saturated carbocycles. The Morgan fingerprint density at radius 2 is 2.03 bits per heavy atom. The molecule has 1 amide bonds. The SMILES string of the molecule is CC(C)c1cc(Nc2nc(N3CCCC(N)C3)ncc2C(N)=O)cn(C(C)C)c1=O. The number of pyridine rings is 1. The molecule has 3 rings (SSSR count). The molecule has 30 heavy (non-hydrogen) atoms. The molecular formula is C21H31N7O2. The van der Waals surface area contributed by atoms with Gasteiger partial charge < -0.3 is 26.3 Å². The number of piperidine rings is 1. The van der Waals surface area contributed by atoms with Gasteiger partial charge in [0.25, 0.3) is 11.5 Å². The first-order chi connectivity index (χ1) is 14.2. The number of amides is 1. The Kier molecular flexibility index (Phi) is 6.40. The van der Waals surface area contributed by atoms with E-state index in [1.54, 1.807) is 16.8 Å². The third kappa shape index (κ3) is 4.62. The fourth-order valence-electron chi connectivity index (χ4n) is 3.62. The second-order valence-electron chi connectivity index (χ2n) is 8.41. The zero-order chi connectivity index (χ0) is 22.0. The van der Waals surface area contributed by atoms with Gasteiger partial charge in [-0.2, -0.15) is 4.98 Å². The van der Waals surface area contributed by atoms with E-state index in [1.807, 2.05) is 32.6 Å². The maximum Gasteiger partial charge on any atom is 0.254 e. The topological polar surface area (TPSA) is 132 Å². The number of hydrogen-bond acceptors (Lipinski definition) is 7. The van der Waals surface area contributed by atoms with Gasteiger partial charge in [-0.3, -0.25) is 9.59 Å². The highest BCUT2D eigenvalue weighted by molar-refractivity contribution is 5.98. The van der Waals surface area contributed by atoms with Crippen LogP contribution in [0.5, 0.6) is 0 Å². The predicted octanol–water partition coefficient (Wildman–Crippen LogP) is 2.11. The normalized spacial score (nSPS) is 16.9. The maximum atomic E-state index is 12.7. The second-order valence-corrected chi connectivity index (χ2v) is 8.41. The summed E-state index contributed by atoms with van der Waals surface area (Å²) in [5.41, 5.74) is 13.2. The van der Waals surface area contributed by atoms with Crippen LogP contribution in [0, 0.1) is 0 Å². The summed E-state index contributed by atoms with van der Waals surface area (Å²) in [5.74, 6) is 0.241. The summed E-state index contributed by atoms with van der Waals surface area (Å²) in [6.45, 7) is 9.31. The number of hydrogen-bond donors (Lipinski definition) is 3. The van der Waals surface area contributed by atoms with E-state index in [4.69, 9.17) is 11.5 Å². The lowest BCUT2D eigenvalue weighted by atomic mass is 10.0. The lowest BCUT2D eigenvalue weighted by Crippen LogP contribution is -2.43. The van der Waals surface area contributed by atoms with Crippen LogP contribution in [0.15, 0.2) is 23.3 Å². The average molecular weight is 414 g/mol. The Morgan fingerprint density at radius 1 is 1.30 bits per heavy atom. The molecule has 1 saturated heterocycles. The highest BCUT2D eigenvalue weighted by Gasteiger charge is 2.22. The van der Waals surface area contributed by atoms with Crippen LogP contribution in [0.2, 0.25) is 0 Å². The van der Waals surface area contributed by atoms with Gasteiger partial charge in [-0.05, 0) is 38.7 Å². The number of nitrogens with zero attached hydrogens (tertiary/aromatic N) is 4. The fraction of sp³-hybridized carbons (Fsp3) is 0.524. The molecular weight excluding hydrogens is 382 g/mol. The van der Waals surface area contributed by atoms with E-state index in [9.17, 15) is 9.59 Å². The third-order valence-corrected chi connectivity index (χ3v) is 5.29. The molecule has 9 heteroatoms. The first-order valence-corrected chi connectivity index (χ1v) is 10.4. The number of rotatable bonds is 6. The highest BCUT2D eigenvalue weighted by atomic mass is 16.1. The van der Waals surface area contributed by atoms with Crippen molar-refractivity contribution in [1.29, 1.82) is 0 Å². The summed E-state index contributed by atoms with van der Waals surface area (Å²) < 4.78 is 1.67. The number of aromatic nitrogens is 3. The zero-order valence-electron chi connectivity index (χ0n) is 18.1. The molecule has 2 aromatic heterocycles. The van der Waals surface area contributed by atoms with Crippen LogP contribution in [-0.4, -0.2) is 39.6 Å². The van der Waals surface area contributed by atoms with E-state index < -0.39 is 5.91 Å². The summed E-state index contributed by atoms with van der Waals surface area (Å²) >= 11 is 0. The first kappa shape index (κ1) is 21.8. The Labute approximate surface area is 176 Å². The smallest absolute Gasteiger partial charge is 0.254 e. The zero-order valence-corrected chi connectivity index (χ0v) is 18.1. The molecule has 0 aromatic carbocycles. The second kappa shape index (κ2) is 8.83. The van der Waals surface area contributed by atoms with Crippen molar-refractivity contribution in [1.82, 2.24) is 14.5 Å². The number of nitrogens with two attached hydrogens (primary N) is 2. The third-order valence-electron chi connectivity index (χ3n) is 5.29. The average Bonchev–Trinajstić information content (AvgIpc) is 2.68. The molecule has 0 spiro atoms. The summed E-state index contributed by atoms with van der Waals surface area (Å²) in [7, 11) is 0. The first-order valence-electron chi connectivity index (χ1n) is 10.4. The van der Waals surface area contributed by atoms with E-state index >= 15 is 0 Å². The van der Waals surface area contributed by atoms with Gasteiger partial charge in [-0.25, -0.2) is 4.98 Å². The minimum absolute atomic E-state index is 0.0110. The van der Waals surface area contributed by atoms with Gasteiger partial charge >= 0.3 is 0 Å². The molecule has 2 aromatic rings. The van der Waals surface area contributed by atoms with Crippen molar-refractivity contribution in [3.8, 4) is 0 Å². The Morgan fingerprint density at radius 3 is 2.63 bits per heavy atom. The van der Waals surface area contributed by atoms with Gasteiger partial charge in [0.2, 0.25) is 5.95 Å². The highest BCUT2D eigenvalue weighted by Crippen LogP contribution is 2.24. The largest absolute Gasteiger partial charge is 0.365 e. The van der Waals surface area contributed by atoms with Gasteiger partial charge in [-0.15, -0.1) is 0 Å². The molecule has 5 N–H and O–H groups in total. The van der Waals surface area contributed by atoms with Crippen LogP contribution >= 0.6 is 0 Å². The summed E-state index contributed by atoms with van der Waals surface area (Å²) in [4.78, 5) is 35.6. The van der Waals surface area contributed by atoms with Crippen molar-refractivity contribution >= 4 is 23.4 Å². The number of anilines is 3. The van der Waals surface area contributed by atoms with E-state index in [1.165, 1.54) is 6.20 Å². The van der Waals surface area contributed by atoms with Gasteiger partial charge in [-0.1, -0.05) is 13.8 Å². The van der Waals surface area contributed by atoms with Gasteiger partial charge in [0.15, 0.2) is 0 Å². The van der Waals surface area contributed by atoms with Crippen LogP contribution in [0.1, 0.15) is 68.4 Å². The van der Waals surface area contributed by atoms with Crippen molar-refractivity contribution in [2.24, 2.45) is 11.5 Å². The molecule has 1 unspecified atom stereocenters. The van der Waals surface area contributed by atoms with Gasteiger partial charge in [0, 0.05) is 43.1 Å². The van der Waals surface area contributed by atoms with Crippen LogP contribution in [0.3, 0.4) is 0 Å². The molecule has 3 heterocycles. The molecule has 1 atom stereocenters. The lowest BCUT2D eigenvalue weighted by molar-refractivity contribution is 0.100. The molecule has 1 aliphatic heterocycles. The molecule has 0 bridgehead atoms. The summed E-state index contributed by atoms with van der Waals surface area (Å²) in [6, 6.07) is 1.86. The predicted molar refractivity (Wildman–Crippen MR) is 118 cm³/mol. The van der Waals surface area contributed by atoms with Crippen molar-refractivity contribution in [3.63, 3.8) is 0 Å². The molecule has 0 radical (unpaired) electrons. The van der Waals surface area contributed by atoms with E-state index in [0.717, 1.165) is 19.4 Å². The van der Waals surface area contributed by atoms with Gasteiger partial charge in [0.05, 0.1) is 5.69 Å². The van der Waals surface area contributed by atoms with Crippen molar-refractivity contribution in [2.75, 3.05) is 23.3 Å². The Hall–Kier alpha value is -2.94. The molecule has 1 aliphatic rings. The number of carbonyl (C=O) groups excluding carboxylic acids is 1. The van der Waals surface area contributed by atoms with Crippen LogP contribution in [0.4, 0.5) is 17.5 Å². The van der Waals surface area contributed by atoms with E-state index in [-0.39, 0.29) is 29.1 Å². The van der Waals surface area contributed by atoms with Gasteiger partial charge in [0.1, 0.15) is 11.4 Å². The Bertz CT molecular complexity index is 952. The summed E-state index contributed by atoms with van der Waals surface area (Å²) in [6.07, 6.45) is 5.11. The standard InChI is InChI=1S/C21H31N7O2/c1-12(2)16-8-15(11-28(13(3)4)20(16)30)25-19-17(18(23)29)9-24-21(26-19)27-7-5-6-14(22)10-27/h8-9,11-14H,5-7,10,22H2,1-4H3,(H2,23,29)(H,24,25,26).